The Hall–Kier alpha value is -0.380. The molecule has 2 rings (SSSR count). The van der Waals surface area contributed by atoms with Gasteiger partial charge in [0.25, 0.3) is 0 Å². The Bertz CT molecular complexity index is 372. The molecule has 0 radical (unpaired) electrons. The minimum atomic E-state index is -0.185. The zero-order valence-corrected chi connectivity index (χ0v) is 12.8. The normalized spacial score (nSPS) is 29.2. The van der Waals surface area contributed by atoms with Crippen molar-refractivity contribution in [3.8, 4) is 0 Å². The van der Waals surface area contributed by atoms with Crippen LogP contribution in [0.5, 0.6) is 0 Å². The number of rotatable bonds is 2. The van der Waals surface area contributed by atoms with Gasteiger partial charge in [-0.25, -0.2) is 0 Å². The molecule has 1 aromatic carbocycles. The van der Waals surface area contributed by atoms with Crippen LogP contribution in [0.3, 0.4) is 0 Å². The Labute approximate surface area is 118 Å². The lowest BCUT2D eigenvalue weighted by molar-refractivity contribution is -0.230. The monoisotopic (exact) mass is 312 g/mol. The van der Waals surface area contributed by atoms with Crippen molar-refractivity contribution in [1.82, 2.24) is 0 Å². The predicted molar refractivity (Wildman–Crippen MR) is 76.8 cm³/mol. The van der Waals surface area contributed by atoms with E-state index in [1.165, 1.54) is 5.56 Å². The van der Waals surface area contributed by atoms with Crippen LogP contribution >= 0.6 is 15.9 Å². The third-order valence-electron chi connectivity index (χ3n) is 2.94. The van der Waals surface area contributed by atoms with E-state index in [4.69, 9.17) is 9.47 Å². The lowest BCUT2D eigenvalue weighted by Gasteiger charge is -2.37. The van der Waals surface area contributed by atoms with E-state index in [9.17, 15) is 0 Å². The van der Waals surface area contributed by atoms with E-state index in [1.54, 1.807) is 0 Å². The molecule has 3 heteroatoms. The van der Waals surface area contributed by atoms with Crippen LogP contribution in [-0.2, 0) is 9.47 Å². The minimum Gasteiger partial charge on any atom is -0.346 e. The Morgan fingerprint density at radius 2 is 1.83 bits per heavy atom. The summed E-state index contributed by atoms with van der Waals surface area (Å²) in [6.07, 6.45) is 2.07. The molecule has 0 N–H and O–H groups in total. The van der Waals surface area contributed by atoms with Gasteiger partial charge < -0.3 is 9.47 Å². The Morgan fingerprint density at radius 1 is 1.17 bits per heavy atom. The van der Waals surface area contributed by atoms with Crippen LogP contribution in [0.15, 0.2) is 30.3 Å². The summed E-state index contributed by atoms with van der Waals surface area (Å²) in [6.45, 7) is 6.17. The van der Waals surface area contributed by atoms with Crippen molar-refractivity contribution in [1.29, 1.82) is 0 Å². The molecular formula is C15H21BrO2. The van der Waals surface area contributed by atoms with Gasteiger partial charge in [0.15, 0.2) is 6.29 Å². The Morgan fingerprint density at radius 3 is 2.44 bits per heavy atom. The molecule has 0 saturated carbocycles. The number of hydrogen-bond donors (Lipinski definition) is 0. The Kier molecular flexibility index (Phi) is 4.46. The molecule has 0 bridgehead atoms. The molecular weight excluding hydrogens is 292 g/mol. The van der Waals surface area contributed by atoms with E-state index in [-0.39, 0.29) is 22.8 Å². The van der Waals surface area contributed by atoms with Crippen LogP contribution in [-0.4, -0.2) is 16.7 Å². The van der Waals surface area contributed by atoms with Crippen molar-refractivity contribution in [2.45, 2.75) is 56.4 Å². The second-order valence-corrected chi connectivity index (χ2v) is 6.90. The number of alkyl halides is 1. The molecule has 1 aliphatic rings. The van der Waals surface area contributed by atoms with E-state index < -0.39 is 0 Å². The number of hydrogen-bond acceptors (Lipinski definition) is 2. The number of halogens is 1. The van der Waals surface area contributed by atoms with Gasteiger partial charge in [0, 0.05) is 0 Å². The van der Waals surface area contributed by atoms with Crippen molar-refractivity contribution in [3.63, 3.8) is 0 Å². The predicted octanol–water partition coefficient (Wildman–Crippen LogP) is 4.44. The van der Waals surface area contributed by atoms with E-state index in [0.29, 0.717) is 0 Å². The zero-order valence-electron chi connectivity index (χ0n) is 11.2. The van der Waals surface area contributed by atoms with Crippen LogP contribution in [0.2, 0.25) is 0 Å². The van der Waals surface area contributed by atoms with Crippen molar-refractivity contribution >= 4 is 15.9 Å². The smallest absolute Gasteiger partial charge is 0.171 e. The highest BCUT2D eigenvalue weighted by Crippen LogP contribution is 2.36. The SMILES string of the molecule is CC(C)(C)OC1OC(c2ccccc2)CCC1Br. The first-order chi connectivity index (χ1) is 8.46. The summed E-state index contributed by atoms with van der Waals surface area (Å²) in [6, 6.07) is 10.4. The first kappa shape index (κ1) is 14.0. The highest BCUT2D eigenvalue weighted by Gasteiger charge is 2.33. The van der Waals surface area contributed by atoms with Crippen LogP contribution in [0, 0.1) is 0 Å². The standard InChI is InChI=1S/C15H21BrO2/c1-15(2,3)18-14-12(16)9-10-13(17-14)11-7-5-4-6-8-11/h4-8,12-14H,9-10H2,1-3H3. The first-order valence-corrected chi connectivity index (χ1v) is 7.39. The first-order valence-electron chi connectivity index (χ1n) is 6.48. The summed E-state index contributed by atoms with van der Waals surface area (Å²) in [4.78, 5) is 0.275. The molecule has 1 heterocycles. The fraction of sp³-hybridized carbons (Fsp3) is 0.600. The van der Waals surface area contributed by atoms with Gasteiger partial charge in [0.2, 0.25) is 0 Å². The second-order valence-electron chi connectivity index (χ2n) is 5.73. The number of ether oxygens (including phenoxy) is 2. The van der Waals surface area contributed by atoms with Gasteiger partial charge in [-0.1, -0.05) is 46.3 Å². The Balaban J connectivity index is 2.05. The molecule has 3 atom stereocenters. The molecule has 1 saturated heterocycles. The van der Waals surface area contributed by atoms with Gasteiger partial charge in [0.05, 0.1) is 16.5 Å². The van der Waals surface area contributed by atoms with E-state index >= 15 is 0 Å². The van der Waals surface area contributed by atoms with E-state index in [0.717, 1.165) is 12.8 Å². The molecule has 2 nitrogen and oxygen atoms in total. The van der Waals surface area contributed by atoms with Crippen LogP contribution in [0.25, 0.3) is 0 Å². The van der Waals surface area contributed by atoms with Crippen molar-refractivity contribution < 1.29 is 9.47 Å². The summed E-state index contributed by atoms with van der Waals surface area (Å²) in [7, 11) is 0. The highest BCUT2D eigenvalue weighted by molar-refractivity contribution is 9.09. The van der Waals surface area contributed by atoms with Crippen LogP contribution in [0.1, 0.15) is 45.3 Å². The van der Waals surface area contributed by atoms with Gasteiger partial charge in [0.1, 0.15) is 0 Å². The minimum absolute atomic E-state index is 0.146. The van der Waals surface area contributed by atoms with Gasteiger partial charge in [-0.05, 0) is 39.2 Å². The van der Waals surface area contributed by atoms with Crippen molar-refractivity contribution in [3.05, 3.63) is 35.9 Å². The maximum absolute atomic E-state index is 6.09. The maximum atomic E-state index is 6.09. The molecule has 0 amide bonds. The maximum Gasteiger partial charge on any atom is 0.171 e. The van der Waals surface area contributed by atoms with Gasteiger partial charge in [-0.15, -0.1) is 0 Å². The number of benzene rings is 1. The summed E-state index contributed by atoms with van der Waals surface area (Å²) >= 11 is 3.66. The van der Waals surface area contributed by atoms with Crippen molar-refractivity contribution in [2.75, 3.05) is 0 Å². The average Bonchev–Trinajstić information content (AvgIpc) is 2.31. The van der Waals surface area contributed by atoms with Gasteiger partial charge in [-0.3, -0.25) is 0 Å². The highest BCUT2D eigenvalue weighted by atomic mass is 79.9. The lowest BCUT2D eigenvalue weighted by atomic mass is 10.0. The summed E-state index contributed by atoms with van der Waals surface area (Å²) in [5.41, 5.74) is 1.05. The van der Waals surface area contributed by atoms with Gasteiger partial charge in [-0.2, -0.15) is 0 Å². The summed E-state index contributed by atoms with van der Waals surface area (Å²) < 4.78 is 12.1. The third kappa shape index (κ3) is 3.81. The second kappa shape index (κ2) is 5.72. The topological polar surface area (TPSA) is 18.5 Å². The zero-order chi connectivity index (χ0) is 13.2. The average molecular weight is 313 g/mol. The van der Waals surface area contributed by atoms with E-state index in [1.807, 2.05) is 6.07 Å². The lowest BCUT2D eigenvalue weighted by Crippen LogP contribution is -2.39. The molecule has 1 fully saturated rings. The third-order valence-corrected chi connectivity index (χ3v) is 3.83. The molecule has 0 aliphatic carbocycles. The molecule has 100 valence electrons. The molecule has 1 aromatic rings. The molecule has 0 spiro atoms. The fourth-order valence-corrected chi connectivity index (χ4v) is 2.62. The quantitative estimate of drug-likeness (QED) is 0.751. The molecule has 3 unspecified atom stereocenters. The van der Waals surface area contributed by atoms with E-state index in [2.05, 4.69) is 61.0 Å². The fourth-order valence-electron chi connectivity index (χ4n) is 2.12. The van der Waals surface area contributed by atoms with Crippen LogP contribution < -0.4 is 0 Å². The van der Waals surface area contributed by atoms with Crippen LogP contribution in [0.4, 0.5) is 0 Å². The molecule has 0 aromatic heterocycles. The summed E-state index contributed by atoms with van der Waals surface area (Å²) in [5.74, 6) is 0. The molecule has 1 aliphatic heterocycles. The van der Waals surface area contributed by atoms with Gasteiger partial charge >= 0.3 is 0 Å². The molecule has 18 heavy (non-hydrogen) atoms. The largest absolute Gasteiger partial charge is 0.346 e. The summed E-state index contributed by atoms with van der Waals surface area (Å²) in [5, 5.41) is 0. The van der Waals surface area contributed by atoms with Crippen molar-refractivity contribution in [2.24, 2.45) is 0 Å².